The Labute approximate surface area is 183 Å². The molecule has 0 unspecified atom stereocenters. The average Bonchev–Trinajstić information content (AvgIpc) is 2.75. The number of nitrogens with one attached hydrogen (secondary N) is 3. The summed E-state index contributed by atoms with van der Waals surface area (Å²) in [6.45, 7) is 4.15. The molecular formula is C26H29N3O2. The topological polar surface area (TPSA) is 70.2 Å². The standard InChI is InChI=1S/C26H29N3O2/c1-19(2)27-23-15-13-22(14-16-23)26(28-24(30)17-20-9-5-3-6-10-20)29-25(31)18-21-11-7-4-8-12-21/h3-16,19,26-27H,17-18H2,1-2H3,(H,28,30)(H,29,31). The Kier molecular flexibility index (Phi) is 7.82. The van der Waals surface area contributed by atoms with Crippen molar-refractivity contribution in [3.05, 3.63) is 102 Å². The van der Waals surface area contributed by atoms with Gasteiger partial charge in [0.15, 0.2) is 0 Å². The summed E-state index contributed by atoms with van der Waals surface area (Å²) < 4.78 is 0. The van der Waals surface area contributed by atoms with Gasteiger partial charge in [0.05, 0.1) is 12.8 Å². The molecular weight excluding hydrogens is 386 g/mol. The van der Waals surface area contributed by atoms with Gasteiger partial charge < -0.3 is 16.0 Å². The summed E-state index contributed by atoms with van der Waals surface area (Å²) in [5, 5.41) is 9.28. The summed E-state index contributed by atoms with van der Waals surface area (Å²) >= 11 is 0. The highest BCUT2D eigenvalue weighted by atomic mass is 16.2. The van der Waals surface area contributed by atoms with E-state index in [4.69, 9.17) is 0 Å². The van der Waals surface area contributed by atoms with Crippen molar-refractivity contribution >= 4 is 17.5 Å². The zero-order valence-electron chi connectivity index (χ0n) is 18.0. The summed E-state index contributed by atoms with van der Waals surface area (Å²) in [5.74, 6) is -0.304. The summed E-state index contributed by atoms with van der Waals surface area (Å²) in [6, 6.07) is 27.2. The molecule has 0 aromatic heterocycles. The molecule has 0 aliphatic heterocycles. The lowest BCUT2D eigenvalue weighted by atomic mass is 10.1. The Morgan fingerprint density at radius 2 is 1.13 bits per heavy atom. The van der Waals surface area contributed by atoms with Crippen LogP contribution in [0, 0.1) is 0 Å². The van der Waals surface area contributed by atoms with Crippen LogP contribution in [0.2, 0.25) is 0 Å². The Bertz CT molecular complexity index is 915. The summed E-state index contributed by atoms with van der Waals surface area (Å²) in [7, 11) is 0. The summed E-state index contributed by atoms with van der Waals surface area (Å²) in [6.07, 6.45) is -0.113. The Morgan fingerprint density at radius 3 is 1.55 bits per heavy atom. The SMILES string of the molecule is CC(C)Nc1ccc(C(NC(=O)Cc2ccccc2)NC(=O)Cc2ccccc2)cc1. The number of anilines is 1. The van der Waals surface area contributed by atoms with Crippen LogP contribution in [0.5, 0.6) is 0 Å². The van der Waals surface area contributed by atoms with E-state index < -0.39 is 6.17 Å². The number of amides is 2. The highest BCUT2D eigenvalue weighted by molar-refractivity contribution is 5.82. The lowest BCUT2D eigenvalue weighted by molar-refractivity contribution is -0.123. The van der Waals surface area contributed by atoms with Crippen molar-refractivity contribution in [2.45, 2.75) is 38.9 Å². The van der Waals surface area contributed by atoms with Crippen molar-refractivity contribution in [3.63, 3.8) is 0 Å². The molecule has 0 radical (unpaired) electrons. The van der Waals surface area contributed by atoms with Gasteiger partial charge in [-0.25, -0.2) is 0 Å². The molecule has 0 atom stereocenters. The second-order valence-electron chi connectivity index (χ2n) is 7.81. The van der Waals surface area contributed by atoms with Crippen molar-refractivity contribution in [3.8, 4) is 0 Å². The highest BCUT2D eigenvalue weighted by Crippen LogP contribution is 2.16. The van der Waals surface area contributed by atoms with Gasteiger partial charge in [0.2, 0.25) is 11.8 Å². The van der Waals surface area contributed by atoms with Gasteiger partial charge in [-0.05, 0) is 42.7 Å². The third-order valence-corrected chi connectivity index (χ3v) is 4.73. The van der Waals surface area contributed by atoms with Crippen molar-refractivity contribution in [1.29, 1.82) is 0 Å². The van der Waals surface area contributed by atoms with Crippen molar-refractivity contribution in [2.75, 3.05) is 5.32 Å². The zero-order chi connectivity index (χ0) is 22.1. The van der Waals surface area contributed by atoms with Crippen LogP contribution in [-0.4, -0.2) is 17.9 Å². The predicted molar refractivity (Wildman–Crippen MR) is 125 cm³/mol. The van der Waals surface area contributed by atoms with E-state index in [0.717, 1.165) is 22.4 Å². The molecule has 2 amide bonds. The van der Waals surface area contributed by atoms with Crippen LogP contribution in [0.4, 0.5) is 5.69 Å². The van der Waals surface area contributed by atoms with E-state index in [9.17, 15) is 9.59 Å². The molecule has 3 rings (SSSR count). The molecule has 3 N–H and O–H groups in total. The van der Waals surface area contributed by atoms with Gasteiger partial charge in [0.25, 0.3) is 0 Å². The number of benzene rings is 3. The summed E-state index contributed by atoms with van der Waals surface area (Å²) in [4.78, 5) is 25.3. The maximum absolute atomic E-state index is 12.7. The minimum atomic E-state index is -0.611. The second-order valence-corrected chi connectivity index (χ2v) is 7.81. The van der Waals surface area contributed by atoms with Gasteiger partial charge in [-0.1, -0.05) is 72.8 Å². The molecule has 3 aromatic rings. The van der Waals surface area contributed by atoms with Crippen LogP contribution in [-0.2, 0) is 22.4 Å². The van der Waals surface area contributed by atoms with E-state index in [2.05, 4.69) is 29.8 Å². The van der Waals surface area contributed by atoms with Gasteiger partial charge in [-0.15, -0.1) is 0 Å². The largest absolute Gasteiger partial charge is 0.383 e. The van der Waals surface area contributed by atoms with E-state index in [0.29, 0.717) is 6.04 Å². The Morgan fingerprint density at radius 1 is 0.677 bits per heavy atom. The van der Waals surface area contributed by atoms with Crippen LogP contribution in [0.3, 0.4) is 0 Å². The first-order valence-corrected chi connectivity index (χ1v) is 10.5. The predicted octanol–water partition coefficient (Wildman–Crippen LogP) is 4.22. The zero-order valence-corrected chi connectivity index (χ0v) is 18.0. The number of carbonyl (C=O) groups is 2. The molecule has 0 aliphatic rings. The van der Waals surface area contributed by atoms with Crippen molar-refractivity contribution in [2.24, 2.45) is 0 Å². The third kappa shape index (κ3) is 7.30. The fraction of sp³-hybridized carbons (Fsp3) is 0.231. The second kappa shape index (κ2) is 11.0. The van der Waals surface area contributed by atoms with Crippen LogP contribution >= 0.6 is 0 Å². The fourth-order valence-electron chi connectivity index (χ4n) is 3.29. The average molecular weight is 416 g/mol. The number of hydrogen-bond acceptors (Lipinski definition) is 3. The van der Waals surface area contributed by atoms with Gasteiger partial charge in [-0.3, -0.25) is 9.59 Å². The van der Waals surface area contributed by atoms with Crippen LogP contribution in [0.1, 0.15) is 36.7 Å². The molecule has 0 fully saturated rings. The fourth-order valence-corrected chi connectivity index (χ4v) is 3.29. The van der Waals surface area contributed by atoms with Gasteiger partial charge >= 0.3 is 0 Å². The van der Waals surface area contributed by atoms with Crippen LogP contribution in [0.25, 0.3) is 0 Å². The summed E-state index contributed by atoms with van der Waals surface area (Å²) in [5.41, 5.74) is 3.65. The van der Waals surface area contributed by atoms with Crippen molar-refractivity contribution < 1.29 is 9.59 Å². The van der Waals surface area contributed by atoms with Gasteiger partial charge in [-0.2, -0.15) is 0 Å². The van der Waals surface area contributed by atoms with E-state index in [1.165, 1.54) is 0 Å². The first-order chi connectivity index (χ1) is 15.0. The highest BCUT2D eigenvalue weighted by Gasteiger charge is 2.18. The Balaban J connectivity index is 1.72. The maximum atomic E-state index is 12.7. The quantitative estimate of drug-likeness (QED) is 0.458. The minimum absolute atomic E-state index is 0.152. The minimum Gasteiger partial charge on any atom is -0.383 e. The first-order valence-electron chi connectivity index (χ1n) is 10.5. The molecule has 160 valence electrons. The molecule has 31 heavy (non-hydrogen) atoms. The van der Waals surface area contributed by atoms with Gasteiger partial charge in [0.1, 0.15) is 6.17 Å². The lowest BCUT2D eigenvalue weighted by Crippen LogP contribution is -2.42. The first kappa shape index (κ1) is 22.1. The van der Waals surface area contributed by atoms with Crippen LogP contribution < -0.4 is 16.0 Å². The van der Waals surface area contributed by atoms with Crippen molar-refractivity contribution in [1.82, 2.24) is 10.6 Å². The molecule has 0 spiro atoms. The molecule has 0 heterocycles. The Hall–Kier alpha value is -3.60. The molecule has 5 nitrogen and oxygen atoms in total. The maximum Gasteiger partial charge on any atom is 0.226 e. The van der Waals surface area contributed by atoms with E-state index in [1.807, 2.05) is 84.9 Å². The number of hydrogen-bond donors (Lipinski definition) is 3. The normalized spacial score (nSPS) is 10.7. The molecule has 0 aliphatic carbocycles. The van der Waals surface area contributed by atoms with E-state index in [1.54, 1.807) is 0 Å². The number of carbonyl (C=O) groups excluding carboxylic acids is 2. The van der Waals surface area contributed by atoms with Crippen LogP contribution in [0.15, 0.2) is 84.9 Å². The van der Waals surface area contributed by atoms with Gasteiger partial charge in [0, 0.05) is 11.7 Å². The monoisotopic (exact) mass is 415 g/mol. The van der Waals surface area contributed by atoms with E-state index in [-0.39, 0.29) is 24.7 Å². The molecule has 3 aromatic carbocycles. The third-order valence-electron chi connectivity index (χ3n) is 4.73. The smallest absolute Gasteiger partial charge is 0.226 e. The van der Waals surface area contributed by atoms with E-state index >= 15 is 0 Å². The molecule has 0 saturated carbocycles. The molecule has 0 bridgehead atoms. The molecule has 0 saturated heterocycles. The lowest BCUT2D eigenvalue weighted by Gasteiger charge is -2.22. The number of rotatable bonds is 9. The molecule has 5 heteroatoms.